The first-order chi connectivity index (χ1) is 16.4. The van der Waals surface area contributed by atoms with Crippen molar-refractivity contribution in [2.45, 2.75) is 24.8 Å². The minimum Gasteiger partial charge on any atom is -0.340 e. The molecule has 6 rings (SSSR count). The Kier molecular flexibility index (Phi) is 4.41. The van der Waals surface area contributed by atoms with Gasteiger partial charge < -0.3 is 15.1 Å². The number of nitrogens with one attached hydrogen (secondary N) is 2. The Balaban J connectivity index is 1.22. The second-order valence-corrected chi connectivity index (χ2v) is 8.94. The number of hydrogen-bond donors (Lipinski definition) is 2. The third-order valence-corrected chi connectivity index (χ3v) is 7.05. The average molecular weight is 454 g/mol. The van der Waals surface area contributed by atoms with Gasteiger partial charge in [0.25, 0.3) is 11.8 Å². The quantitative estimate of drug-likeness (QED) is 0.589. The summed E-state index contributed by atoms with van der Waals surface area (Å²) in [4.78, 5) is 49.4. The molecule has 2 aromatic carbocycles. The highest BCUT2D eigenvalue weighted by atomic mass is 16.2. The van der Waals surface area contributed by atoms with Crippen LogP contribution in [-0.4, -0.2) is 51.8 Å². The van der Waals surface area contributed by atoms with Crippen molar-refractivity contribution in [1.82, 2.24) is 20.2 Å². The maximum atomic E-state index is 13.1. The number of fused-ring (bicyclic) bond motifs is 2. The van der Waals surface area contributed by atoms with Crippen LogP contribution in [0, 0.1) is 0 Å². The molecule has 1 fully saturated rings. The van der Waals surface area contributed by atoms with Gasteiger partial charge in [-0.1, -0.05) is 24.3 Å². The van der Waals surface area contributed by atoms with Crippen LogP contribution in [0.15, 0.2) is 54.9 Å². The monoisotopic (exact) mass is 454 g/mol. The van der Waals surface area contributed by atoms with Gasteiger partial charge in [-0.15, -0.1) is 0 Å². The Labute approximate surface area is 195 Å². The van der Waals surface area contributed by atoms with Crippen LogP contribution in [0.4, 0.5) is 22.0 Å². The van der Waals surface area contributed by atoms with E-state index < -0.39 is 5.54 Å². The van der Waals surface area contributed by atoms with Crippen molar-refractivity contribution in [3.63, 3.8) is 0 Å². The lowest BCUT2D eigenvalue weighted by Gasteiger charge is -2.27. The average Bonchev–Trinajstić information content (AvgIpc) is 3.50. The Morgan fingerprint density at radius 2 is 1.85 bits per heavy atom. The second kappa shape index (κ2) is 7.38. The predicted molar refractivity (Wildman–Crippen MR) is 125 cm³/mol. The van der Waals surface area contributed by atoms with E-state index in [4.69, 9.17) is 0 Å². The standard InChI is InChI=1S/C25H22N6O3/c1-30-24(34)29-23(33)25(30)12-16-6-7-18(10-17(16)13-25)28-21-11-19(26-14-27-21)22(32)31-9-8-15-4-2-3-5-20(15)31/h2-7,10-11,14H,8-9,12-13H2,1H3,(H,26,27,28)(H,29,33,34). The number of imide groups is 1. The lowest BCUT2D eigenvalue weighted by Crippen LogP contribution is -2.48. The normalized spacial score (nSPS) is 20.5. The van der Waals surface area contributed by atoms with Crippen molar-refractivity contribution >= 4 is 35.0 Å². The number of aromatic nitrogens is 2. The SMILES string of the molecule is CN1C(=O)NC(=O)C12Cc1ccc(Nc3cc(C(=O)N4CCc5ccccc54)ncn3)cc1C2. The lowest BCUT2D eigenvalue weighted by atomic mass is 9.95. The second-order valence-electron chi connectivity index (χ2n) is 8.94. The van der Waals surface area contributed by atoms with E-state index in [9.17, 15) is 14.4 Å². The molecular formula is C25H22N6O3. The number of rotatable bonds is 3. The van der Waals surface area contributed by atoms with Crippen molar-refractivity contribution in [2.24, 2.45) is 0 Å². The van der Waals surface area contributed by atoms with E-state index in [0.29, 0.717) is 30.9 Å². The van der Waals surface area contributed by atoms with E-state index in [1.165, 1.54) is 11.2 Å². The van der Waals surface area contributed by atoms with E-state index >= 15 is 0 Å². The zero-order chi connectivity index (χ0) is 23.4. The van der Waals surface area contributed by atoms with Gasteiger partial charge in [0.1, 0.15) is 23.4 Å². The Hall–Kier alpha value is -4.27. The molecule has 0 radical (unpaired) electrons. The van der Waals surface area contributed by atoms with Crippen LogP contribution in [0.5, 0.6) is 0 Å². The van der Waals surface area contributed by atoms with Crippen molar-refractivity contribution in [3.05, 3.63) is 77.2 Å². The fourth-order valence-corrected chi connectivity index (χ4v) is 5.15. The van der Waals surface area contributed by atoms with E-state index in [0.717, 1.165) is 34.5 Å². The number of para-hydroxylation sites is 1. The maximum Gasteiger partial charge on any atom is 0.324 e. The molecule has 3 aromatic rings. The summed E-state index contributed by atoms with van der Waals surface area (Å²) in [5.74, 6) is 0.0868. The molecule has 3 heterocycles. The largest absolute Gasteiger partial charge is 0.340 e. The highest BCUT2D eigenvalue weighted by Crippen LogP contribution is 2.38. The zero-order valence-electron chi connectivity index (χ0n) is 18.5. The van der Waals surface area contributed by atoms with Gasteiger partial charge in [-0.25, -0.2) is 14.8 Å². The van der Waals surface area contributed by atoms with Gasteiger partial charge in [0.15, 0.2) is 0 Å². The summed E-state index contributed by atoms with van der Waals surface area (Å²) >= 11 is 0. The first kappa shape index (κ1) is 20.3. The summed E-state index contributed by atoms with van der Waals surface area (Å²) in [6, 6.07) is 15.0. The Bertz CT molecular complexity index is 1370. The lowest BCUT2D eigenvalue weighted by molar-refractivity contribution is -0.125. The van der Waals surface area contributed by atoms with Crippen LogP contribution in [0.3, 0.4) is 0 Å². The number of carbonyl (C=O) groups is 3. The van der Waals surface area contributed by atoms with Crippen LogP contribution in [0.1, 0.15) is 27.2 Å². The smallest absolute Gasteiger partial charge is 0.324 e. The number of likely N-dealkylation sites (N-methyl/N-ethyl adjacent to an activating group) is 1. The van der Waals surface area contributed by atoms with Crippen LogP contribution in [-0.2, 0) is 24.1 Å². The highest BCUT2D eigenvalue weighted by molar-refractivity contribution is 6.08. The van der Waals surface area contributed by atoms with Gasteiger partial charge in [0.2, 0.25) is 0 Å². The molecule has 2 N–H and O–H groups in total. The van der Waals surface area contributed by atoms with Gasteiger partial charge in [-0.05, 0) is 41.3 Å². The number of nitrogens with zero attached hydrogens (tertiary/aromatic N) is 4. The summed E-state index contributed by atoms with van der Waals surface area (Å²) in [6.07, 6.45) is 3.14. The summed E-state index contributed by atoms with van der Waals surface area (Å²) in [7, 11) is 1.66. The van der Waals surface area contributed by atoms with Gasteiger partial charge >= 0.3 is 6.03 Å². The molecule has 9 nitrogen and oxygen atoms in total. The molecule has 34 heavy (non-hydrogen) atoms. The Morgan fingerprint density at radius 3 is 2.68 bits per heavy atom. The number of benzene rings is 2. The summed E-state index contributed by atoms with van der Waals surface area (Å²) in [5, 5.41) is 5.66. The molecule has 4 amide bonds. The van der Waals surface area contributed by atoms with E-state index in [2.05, 4.69) is 20.6 Å². The predicted octanol–water partition coefficient (Wildman–Crippen LogP) is 2.44. The third-order valence-electron chi connectivity index (χ3n) is 7.05. The summed E-state index contributed by atoms with van der Waals surface area (Å²) < 4.78 is 0. The third kappa shape index (κ3) is 3.04. The van der Waals surface area contributed by atoms with Crippen LogP contribution in [0.2, 0.25) is 0 Å². The number of carbonyl (C=O) groups excluding carboxylic acids is 3. The van der Waals surface area contributed by atoms with Crippen molar-refractivity contribution in [3.8, 4) is 0 Å². The number of hydrogen-bond acceptors (Lipinski definition) is 6. The first-order valence-electron chi connectivity index (χ1n) is 11.1. The molecule has 2 aliphatic heterocycles. The van der Waals surface area contributed by atoms with E-state index in [-0.39, 0.29) is 17.8 Å². The van der Waals surface area contributed by atoms with Gasteiger partial charge in [-0.2, -0.15) is 0 Å². The molecule has 0 bridgehead atoms. The Morgan fingerprint density at radius 1 is 1.03 bits per heavy atom. The minimum atomic E-state index is -0.863. The van der Waals surface area contributed by atoms with Crippen molar-refractivity contribution in [2.75, 3.05) is 23.8 Å². The number of urea groups is 1. The van der Waals surface area contributed by atoms with Crippen LogP contribution >= 0.6 is 0 Å². The number of amides is 4. The maximum absolute atomic E-state index is 13.1. The van der Waals surface area contributed by atoms with E-state index in [1.807, 2.05) is 42.5 Å². The molecular weight excluding hydrogens is 432 g/mol. The summed E-state index contributed by atoms with van der Waals surface area (Å²) in [5.41, 5.74) is 4.35. The van der Waals surface area contributed by atoms with Crippen molar-refractivity contribution in [1.29, 1.82) is 0 Å². The molecule has 1 unspecified atom stereocenters. The van der Waals surface area contributed by atoms with Gasteiger partial charge in [-0.3, -0.25) is 14.9 Å². The van der Waals surface area contributed by atoms with Crippen LogP contribution in [0.25, 0.3) is 0 Å². The zero-order valence-corrected chi connectivity index (χ0v) is 18.5. The molecule has 3 aliphatic rings. The van der Waals surface area contributed by atoms with Gasteiger partial charge in [0.05, 0.1) is 0 Å². The molecule has 1 atom stereocenters. The molecule has 1 aromatic heterocycles. The topological polar surface area (TPSA) is 108 Å². The van der Waals surface area contributed by atoms with E-state index in [1.54, 1.807) is 18.0 Å². The van der Waals surface area contributed by atoms with Crippen molar-refractivity contribution < 1.29 is 14.4 Å². The number of anilines is 3. The molecule has 0 saturated carbocycles. The molecule has 9 heteroatoms. The fourth-order valence-electron chi connectivity index (χ4n) is 5.15. The summed E-state index contributed by atoms with van der Waals surface area (Å²) in [6.45, 7) is 0.627. The van der Waals surface area contributed by atoms with Crippen LogP contribution < -0.4 is 15.5 Å². The molecule has 1 saturated heterocycles. The molecule has 1 aliphatic carbocycles. The highest BCUT2D eigenvalue weighted by Gasteiger charge is 2.54. The molecule has 1 spiro atoms. The van der Waals surface area contributed by atoms with Gasteiger partial charge in [0, 0.05) is 43.9 Å². The fraction of sp³-hybridized carbons (Fsp3) is 0.240. The first-order valence-corrected chi connectivity index (χ1v) is 11.1. The molecule has 170 valence electrons. The minimum absolute atomic E-state index is 0.161.